The normalized spacial score (nSPS) is 13.2. The van der Waals surface area contributed by atoms with Crippen LogP contribution in [0.2, 0.25) is 0 Å². The molecule has 0 fully saturated rings. The third-order valence-electron chi connectivity index (χ3n) is 10.7. The Hall–Kier alpha value is -6.50. The number of benzene rings is 8. The molecule has 0 radical (unpaired) electrons. The molecule has 0 nitrogen and oxygen atoms in total. The monoisotopic (exact) mass is 662 g/mol. The second kappa shape index (κ2) is 13.3. The summed E-state index contributed by atoms with van der Waals surface area (Å²) in [6, 6.07) is 54.0. The lowest BCUT2D eigenvalue weighted by molar-refractivity contribution is 1.04. The zero-order valence-electron chi connectivity index (χ0n) is 29.1. The largest absolute Gasteiger partial charge is 0.0990 e. The van der Waals surface area contributed by atoms with Crippen LogP contribution in [0.25, 0.3) is 88.0 Å². The maximum atomic E-state index is 4.03. The van der Waals surface area contributed by atoms with E-state index in [4.69, 9.17) is 0 Å². The molecule has 0 spiro atoms. The van der Waals surface area contributed by atoms with E-state index in [1.54, 1.807) is 0 Å². The van der Waals surface area contributed by atoms with Gasteiger partial charge >= 0.3 is 0 Å². The highest BCUT2D eigenvalue weighted by Crippen LogP contribution is 2.46. The van der Waals surface area contributed by atoms with Crippen LogP contribution in [0.1, 0.15) is 24.0 Å². The van der Waals surface area contributed by atoms with E-state index in [1.807, 2.05) is 18.2 Å². The van der Waals surface area contributed by atoms with Gasteiger partial charge in [0.05, 0.1) is 0 Å². The van der Waals surface area contributed by atoms with Crippen molar-refractivity contribution in [3.05, 3.63) is 206 Å². The Morgan fingerprint density at radius 1 is 0.481 bits per heavy atom. The molecule has 52 heavy (non-hydrogen) atoms. The van der Waals surface area contributed by atoms with Gasteiger partial charge in [0.15, 0.2) is 0 Å². The predicted octanol–water partition coefficient (Wildman–Crippen LogP) is 14.7. The summed E-state index contributed by atoms with van der Waals surface area (Å²) in [7, 11) is 0. The van der Waals surface area contributed by atoms with Gasteiger partial charge in [-0.1, -0.05) is 189 Å². The van der Waals surface area contributed by atoms with Gasteiger partial charge in [0, 0.05) is 0 Å². The molecule has 8 aromatic rings. The summed E-state index contributed by atoms with van der Waals surface area (Å²) in [6.45, 7) is 7.92. The molecule has 0 aromatic heterocycles. The third-order valence-corrected chi connectivity index (χ3v) is 10.7. The lowest BCUT2D eigenvalue weighted by atomic mass is 9.83. The van der Waals surface area contributed by atoms with Crippen molar-refractivity contribution in [3.63, 3.8) is 0 Å². The van der Waals surface area contributed by atoms with E-state index >= 15 is 0 Å². The molecule has 9 rings (SSSR count). The quantitative estimate of drug-likeness (QED) is 0.112. The highest BCUT2D eigenvalue weighted by Gasteiger charge is 2.19. The van der Waals surface area contributed by atoms with Crippen LogP contribution in [0.4, 0.5) is 0 Å². The van der Waals surface area contributed by atoms with Crippen LogP contribution in [0.5, 0.6) is 0 Å². The van der Waals surface area contributed by atoms with Crippen molar-refractivity contribution in [2.24, 2.45) is 0 Å². The van der Waals surface area contributed by atoms with E-state index in [1.165, 1.54) is 88.0 Å². The lowest BCUT2D eigenvalue weighted by Gasteiger charge is -2.20. The molecule has 1 aliphatic carbocycles. The first-order valence-electron chi connectivity index (χ1n) is 18.1. The molecular weight excluding hydrogens is 625 g/mol. The van der Waals surface area contributed by atoms with Gasteiger partial charge < -0.3 is 0 Å². The third kappa shape index (κ3) is 5.50. The Labute approximate surface area is 306 Å². The van der Waals surface area contributed by atoms with Crippen LogP contribution in [-0.2, 0) is 0 Å². The zero-order chi connectivity index (χ0) is 35.0. The van der Waals surface area contributed by atoms with E-state index in [0.717, 1.165) is 24.0 Å². The molecule has 0 heteroatoms. The first-order valence-corrected chi connectivity index (χ1v) is 18.1. The molecule has 0 amide bonds. The molecule has 0 unspecified atom stereocenters. The van der Waals surface area contributed by atoms with Gasteiger partial charge in [0.1, 0.15) is 0 Å². The summed E-state index contributed by atoms with van der Waals surface area (Å²) in [4.78, 5) is 0. The summed E-state index contributed by atoms with van der Waals surface area (Å²) < 4.78 is 0. The van der Waals surface area contributed by atoms with Crippen molar-refractivity contribution in [2.75, 3.05) is 0 Å². The highest BCUT2D eigenvalue weighted by atomic mass is 14.2. The topological polar surface area (TPSA) is 0 Å². The van der Waals surface area contributed by atoms with E-state index in [2.05, 4.69) is 177 Å². The second-order valence-corrected chi connectivity index (χ2v) is 13.6. The van der Waals surface area contributed by atoms with Crippen LogP contribution < -0.4 is 0 Å². The predicted molar refractivity (Wildman–Crippen MR) is 227 cm³/mol. The van der Waals surface area contributed by atoms with Crippen molar-refractivity contribution >= 4 is 43.5 Å². The van der Waals surface area contributed by atoms with E-state index < -0.39 is 0 Å². The molecular formula is C52H38. The molecule has 0 heterocycles. The standard InChI is InChI=1S/C52H38/c1-3-11-35(4-2)38-16-24-42(25-17-38)50-34-49(43-26-20-40(21-27-43)37-14-9-6-10-15-37)47-31-29-44-28-30-45(46-32-33-48(50)52(47)51(44)46)41-22-18-39(19-23-41)36-12-7-5-8-13-36/h3-4,6-7,9-34H,1-2,5,8H2/b35-11+. The summed E-state index contributed by atoms with van der Waals surface area (Å²) in [6.07, 6.45) is 14.8. The average Bonchev–Trinajstić information content (AvgIpc) is 3.22. The molecule has 246 valence electrons. The fourth-order valence-electron chi connectivity index (χ4n) is 8.02. The lowest BCUT2D eigenvalue weighted by Crippen LogP contribution is -1.93. The van der Waals surface area contributed by atoms with Gasteiger partial charge in [-0.3, -0.25) is 0 Å². The first-order chi connectivity index (χ1) is 25.7. The van der Waals surface area contributed by atoms with Crippen LogP contribution in [0, 0.1) is 0 Å². The Kier molecular flexibility index (Phi) is 8.07. The molecule has 1 aliphatic rings. The fraction of sp³-hybridized carbons (Fsp3) is 0.0385. The molecule has 0 saturated heterocycles. The maximum Gasteiger partial charge on any atom is -0.00141 e. The summed E-state index contributed by atoms with van der Waals surface area (Å²) in [5.41, 5.74) is 14.6. The molecule has 0 bridgehead atoms. The van der Waals surface area contributed by atoms with Crippen molar-refractivity contribution in [1.82, 2.24) is 0 Å². The Morgan fingerprint density at radius 2 is 1.04 bits per heavy atom. The minimum Gasteiger partial charge on any atom is -0.0990 e. The number of allylic oxidation sites excluding steroid dienone is 8. The fourth-order valence-corrected chi connectivity index (χ4v) is 8.02. The van der Waals surface area contributed by atoms with Gasteiger partial charge in [0.2, 0.25) is 0 Å². The summed E-state index contributed by atoms with van der Waals surface area (Å²) >= 11 is 0. The van der Waals surface area contributed by atoms with Gasteiger partial charge in [-0.05, 0) is 118 Å². The number of hydrogen-bond donors (Lipinski definition) is 0. The smallest absolute Gasteiger partial charge is 0.00141 e. The molecule has 8 aromatic carbocycles. The Morgan fingerprint density at radius 3 is 1.67 bits per heavy atom. The minimum absolute atomic E-state index is 1.06. The van der Waals surface area contributed by atoms with Crippen molar-refractivity contribution in [2.45, 2.75) is 12.8 Å². The van der Waals surface area contributed by atoms with E-state index in [0.29, 0.717) is 0 Å². The number of hydrogen-bond acceptors (Lipinski definition) is 0. The number of rotatable bonds is 8. The zero-order valence-corrected chi connectivity index (χ0v) is 29.1. The summed E-state index contributed by atoms with van der Waals surface area (Å²) in [5.74, 6) is 0. The van der Waals surface area contributed by atoms with Crippen LogP contribution >= 0.6 is 0 Å². The molecule has 0 saturated carbocycles. The first kappa shape index (κ1) is 31.5. The van der Waals surface area contributed by atoms with Crippen molar-refractivity contribution in [1.29, 1.82) is 0 Å². The molecule has 0 N–H and O–H groups in total. The van der Waals surface area contributed by atoms with Gasteiger partial charge in [-0.25, -0.2) is 0 Å². The summed E-state index contributed by atoms with van der Waals surface area (Å²) in [5, 5.41) is 7.70. The van der Waals surface area contributed by atoms with Crippen molar-refractivity contribution < 1.29 is 0 Å². The maximum absolute atomic E-state index is 4.03. The highest BCUT2D eigenvalue weighted by molar-refractivity contribution is 6.30. The SMILES string of the molecule is C=C/C=C(\C=C)c1ccc(-c2cc(-c3ccc(-c4ccccc4)cc3)c3ccc4ccc(-c5ccc(C6=CCCC=C6)cc5)c5ccc2c3c45)cc1. The van der Waals surface area contributed by atoms with Crippen LogP contribution in [0.15, 0.2) is 195 Å². The van der Waals surface area contributed by atoms with E-state index in [-0.39, 0.29) is 0 Å². The van der Waals surface area contributed by atoms with E-state index in [9.17, 15) is 0 Å². The van der Waals surface area contributed by atoms with Gasteiger partial charge in [-0.15, -0.1) is 0 Å². The average molecular weight is 663 g/mol. The minimum atomic E-state index is 1.06. The molecule has 0 aliphatic heterocycles. The Balaban J connectivity index is 1.25. The van der Waals surface area contributed by atoms with Crippen LogP contribution in [-0.4, -0.2) is 0 Å². The Bertz CT molecular complexity index is 2700. The van der Waals surface area contributed by atoms with Gasteiger partial charge in [0.25, 0.3) is 0 Å². The molecule has 0 atom stereocenters. The second-order valence-electron chi connectivity index (χ2n) is 13.6. The van der Waals surface area contributed by atoms with Crippen molar-refractivity contribution in [3.8, 4) is 44.5 Å². The van der Waals surface area contributed by atoms with Crippen LogP contribution in [0.3, 0.4) is 0 Å². The van der Waals surface area contributed by atoms with Gasteiger partial charge in [-0.2, -0.15) is 0 Å².